The molecule has 3 heterocycles. The van der Waals surface area contributed by atoms with Crippen LogP contribution in [0.5, 0.6) is 5.75 Å². The maximum atomic E-state index is 12.8. The summed E-state index contributed by atoms with van der Waals surface area (Å²) in [6.45, 7) is 3.02. The van der Waals surface area contributed by atoms with Crippen LogP contribution in [0.2, 0.25) is 0 Å². The molecule has 3 aliphatic rings. The highest BCUT2D eigenvalue weighted by Gasteiger charge is 2.46. The van der Waals surface area contributed by atoms with Gasteiger partial charge in [-0.15, -0.1) is 0 Å². The van der Waals surface area contributed by atoms with E-state index in [1.54, 1.807) is 6.07 Å². The van der Waals surface area contributed by atoms with Crippen LogP contribution in [0.15, 0.2) is 18.2 Å². The number of aliphatic hydroxyl groups is 1. The summed E-state index contributed by atoms with van der Waals surface area (Å²) in [4.78, 5) is 28.8. The third-order valence-electron chi connectivity index (χ3n) is 6.32. The van der Waals surface area contributed by atoms with Gasteiger partial charge in [-0.25, -0.2) is 0 Å². The van der Waals surface area contributed by atoms with Gasteiger partial charge < -0.3 is 34.4 Å². The van der Waals surface area contributed by atoms with Crippen molar-refractivity contribution >= 4 is 17.5 Å². The van der Waals surface area contributed by atoms with E-state index in [0.29, 0.717) is 18.5 Å². The normalized spacial score (nSPS) is 27.9. The minimum atomic E-state index is -0.497. The molecule has 4 rings (SSSR count). The second-order valence-corrected chi connectivity index (χ2v) is 8.53. The number of fused-ring (bicyclic) bond motifs is 3. The number of aliphatic hydroxyl groups excluding tert-OH is 1. The fourth-order valence-electron chi connectivity index (χ4n) is 4.67. The van der Waals surface area contributed by atoms with Crippen LogP contribution in [0.1, 0.15) is 24.3 Å². The van der Waals surface area contributed by atoms with E-state index in [9.17, 15) is 14.7 Å². The van der Waals surface area contributed by atoms with Crippen LogP contribution in [0, 0.1) is 0 Å². The van der Waals surface area contributed by atoms with Gasteiger partial charge in [0.05, 0.1) is 19.1 Å². The highest BCUT2D eigenvalue weighted by Crippen LogP contribution is 2.47. The maximum Gasteiger partial charge on any atom is 0.250 e. The summed E-state index contributed by atoms with van der Waals surface area (Å²) in [6, 6.07) is 5.52. The lowest BCUT2D eigenvalue weighted by Gasteiger charge is -2.38. The molecule has 31 heavy (non-hydrogen) atoms. The molecule has 2 N–H and O–H groups in total. The Bertz CT molecular complexity index is 810. The van der Waals surface area contributed by atoms with Gasteiger partial charge in [0, 0.05) is 50.5 Å². The summed E-state index contributed by atoms with van der Waals surface area (Å²) in [6.07, 6.45) is -0.165. The Morgan fingerprint density at radius 1 is 1.26 bits per heavy atom. The lowest BCUT2D eigenvalue weighted by Crippen LogP contribution is -2.50. The summed E-state index contributed by atoms with van der Waals surface area (Å²) < 4.78 is 17.0. The number of hydrogen-bond donors (Lipinski definition) is 2. The Kier molecular flexibility index (Phi) is 6.76. The van der Waals surface area contributed by atoms with Crippen LogP contribution in [0.3, 0.4) is 0 Å². The minimum Gasteiger partial charge on any atom is -0.487 e. The summed E-state index contributed by atoms with van der Waals surface area (Å²) in [7, 11) is 3.53. The number of rotatable bonds is 6. The van der Waals surface area contributed by atoms with Crippen molar-refractivity contribution in [3.63, 3.8) is 0 Å². The largest absolute Gasteiger partial charge is 0.487 e. The van der Waals surface area contributed by atoms with E-state index < -0.39 is 6.10 Å². The van der Waals surface area contributed by atoms with Crippen molar-refractivity contribution in [3.8, 4) is 5.75 Å². The first kappa shape index (κ1) is 22.0. The van der Waals surface area contributed by atoms with Crippen LogP contribution in [0.4, 0.5) is 5.69 Å². The molecule has 0 radical (unpaired) electrons. The van der Waals surface area contributed by atoms with Crippen molar-refractivity contribution in [1.82, 2.24) is 9.80 Å². The zero-order chi connectivity index (χ0) is 22.0. The highest BCUT2D eigenvalue weighted by atomic mass is 16.6. The minimum absolute atomic E-state index is 0.00883. The van der Waals surface area contributed by atoms with Gasteiger partial charge in [-0.2, -0.15) is 0 Å². The van der Waals surface area contributed by atoms with E-state index >= 15 is 0 Å². The highest BCUT2D eigenvalue weighted by molar-refractivity contribution is 5.92. The predicted octanol–water partition coefficient (Wildman–Crippen LogP) is 0.430. The third kappa shape index (κ3) is 4.85. The SMILES string of the molecule is COCC(=O)Nc1ccc2c(c1)[C@@H]1C[C@H](CC(=O)N3CCN(C)CC3)O[C@H](CO)[C@@H]1O2. The monoisotopic (exact) mass is 433 g/mol. The molecule has 9 heteroatoms. The summed E-state index contributed by atoms with van der Waals surface area (Å²) in [5.74, 6) is 0.583. The predicted molar refractivity (Wildman–Crippen MR) is 113 cm³/mol. The third-order valence-corrected chi connectivity index (χ3v) is 6.32. The number of amides is 2. The summed E-state index contributed by atoms with van der Waals surface area (Å²) in [5.41, 5.74) is 1.64. The molecule has 1 aromatic carbocycles. The van der Waals surface area contributed by atoms with Crippen LogP contribution < -0.4 is 10.1 Å². The van der Waals surface area contributed by atoms with E-state index in [2.05, 4.69) is 17.3 Å². The molecule has 2 saturated heterocycles. The number of hydrogen-bond acceptors (Lipinski definition) is 7. The van der Waals surface area contributed by atoms with Crippen molar-refractivity contribution < 1.29 is 28.9 Å². The van der Waals surface area contributed by atoms with Crippen LogP contribution in [-0.2, 0) is 19.1 Å². The van der Waals surface area contributed by atoms with Crippen molar-refractivity contribution in [2.45, 2.75) is 37.1 Å². The first-order valence-corrected chi connectivity index (χ1v) is 10.8. The van der Waals surface area contributed by atoms with E-state index in [1.165, 1.54) is 7.11 Å². The number of benzene rings is 1. The lowest BCUT2D eigenvalue weighted by molar-refractivity contribution is -0.150. The Balaban J connectivity index is 1.46. The fourth-order valence-corrected chi connectivity index (χ4v) is 4.67. The molecule has 1 aromatic rings. The molecular weight excluding hydrogens is 402 g/mol. The zero-order valence-corrected chi connectivity index (χ0v) is 18.1. The van der Waals surface area contributed by atoms with E-state index in [0.717, 1.165) is 37.5 Å². The molecule has 0 spiro atoms. The Hall–Kier alpha value is -2.20. The van der Waals surface area contributed by atoms with E-state index in [-0.39, 0.29) is 43.2 Å². The lowest BCUT2D eigenvalue weighted by atomic mass is 9.84. The number of ether oxygens (including phenoxy) is 3. The van der Waals surface area contributed by atoms with Gasteiger partial charge in [0.25, 0.3) is 0 Å². The average molecular weight is 434 g/mol. The fraction of sp³-hybridized carbons (Fsp3) is 0.636. The van der Waals surface area contributed by atoms with Crippen molar-refractivity contribution in [1.29, 1.82) is 0 Å². The van der Waals surface area contributed by atoms with Crippen molar-refractivity contribution in [2.24, 2.45) is 0 Å². The maximum absolute atomic E-state index is 12.8. The van der Waals surface area contributed by atoms with Gasteiger partial charge in [-0.3, -0.25) is 9.59 Å². The van der Waals surface area contributed by atoms with E-state index in [4.69, 9.17) is 14.2 Å². The molecule has 4 atom stereocenters. The molecule has 9 nitrogen and oxygen atoms in total. The zero-order valence-electron chi connectivity index (χ0n) is 18.1. The van der Waals surface area contributed by atoms with Gasteiger partial charge in [0.2, 0.25) is 11.8 Å². The smallest absolute Gasteiger partial charge is 0.250 e. The number of nitrogens with one attached hydrogen (secondary N) is 1. The van der Waals surface area contributed by atoms with Crippen LogP contribution >= 0.6 is 0 Å². The topological polar surface area (TPSA) is 101 Å². The van der Waals surface area contributed by atoms with Gasteiger partial charge in [0.1, 0.15) is 24.6 Å². The molecule has 0 bridgehead atoms. The number of likely N-dealkylation sites (N-methyl/N-ethyl adjacent to an activating group) is 1. The van der Waals surface area contributed by atoms with Gasteiger partial charge in [-0.1, -0.05) is 0 Å². The number of nitrogens with zero attached hydrogens (tertiary/aromatic N) is 2. The van der Waals surface area contributed by atoms with Crippen LogP contribution in [-0.4, -0.2) is 98.6 Å². The number of anilines is 1. The van der Waals surface area contributed by atoms with Crippen molar-refractivity contribution in [3.05, 3.63) is 23.8 Å². The van der Waals surface area contributed by atoms with Gasteiger partial charge in [0.15, 0.2) is 0 Å². The Morgan fingerprint density at radius 2 is 2.03 bits per heavy atom. The number of carbonyl (C=O) groups is 2. The first-order valence-electron chi connectivity index (χ1n) is 10.8. The molecule has 2 fully saturated rings. The molecule has 0 unspecified atom stereocenters. The van der Waals surface area contributed by atoms with Crippen LogP contribution in [0.25, 0.3) is 0 Å². The number of methoxy groups -OCH3 is 1. The summed E-state index contributed by atoms with van der Waals surface area (Å²) in [5, 5.41) is 12.7. The molecule has 3 aliphatic heterocycles. The van der Waals surface area contributed by atoms with E-state index in [1.807, 2.05) is 17.0 Å². The second kappa shape index (κ2) is 9.52. The van der Waals surface area contributed by atoms with Crippen molar-refractivity contribution in [2.75, 3.05) is 58.9 Å². The number of piperazine rings is 1. The Labute approximate surface area is 182 Å². The molecule has 0 aliphatic carbocycles. The standard InChI is InChI=1S/C22H31N3O6/c1-24-5-7-25(8-6-24)21(28)11-15-10-17-16-9-14(23-20(27)13-29-2)3-4-18(16)31-22(17)19(12-26)30-15/h3-4,9,15,17,19,22,26H,5-8,10-13H2,1-2H3,(H,23,27)/t15-,17+,19-,22-/m1/s1. The molecule has 0 aromatic heterocycles. The number of carbonyl (C=O) groups excluding carboxylic acids is 2. The first-order chi connectivity index (χ1) is 15.0. The molecule has 2 amide bonds. The van der Waals surface area contributed by atoms with Gasteiger partial charge >= 0.3 is 0 Å². The summed E-state index contributed by atoms with van der Waals surface area (Å²) >= 11 is 0. The molecule has 0 saturated carbocycles. The second-order valence-electron chi connectivity index (χ2n) is 8.53. The van der Waals surface area contributed by atoms with Gasteiger partial charge in [-0.05, 0) is 31.7 Å². The molecule has 170 valence electrons. The Morgan fingerprint density at radius 3 is 2.74 bits per heavy atom. The quantitative estimate of drug-likeness (QED) is 0.671. The molecular formula is C22H31N3O6. The average Bonchev–Trinajstić information content (AvgIpc) is 3.12.